The normalized spacial score (nSPS) is 19.3. The first kappa shape index (κ1) is 21.9. The molecule has 2 N–H and O–H groups in total. The van der Waals surface area contributed by atoms with Gasteiger partial charge in [0.1, 0.15) is 5.82 Å². The maximum atomic E-state index is 13.4. The molecule has 1 atom stereocenters. The van der Waals surface area contributed by atoms with Gasteiger partial charge >= 0.3 is 0 Å². The highest BCUT2D eigenvalue weighted by Crippen LogP contribution is 2.45. The van der Waals surface area contributed by atoms with Crippen molar-refractivity contribution in [2.24, 2.45) is 7.05 Å². The molecule has 35 heavy (non-hydrogen) atoms. The quantitative estimate of drug-likeness (QED) is 0.421. The van der Waals surface area contributed by atoms with Gasteiger partial charge in [-0.25, -0.2) is 13.8 Å². The van der Waals surface area contributed by atoms with Crippen LogP contribution in [-0.2, 0) is 13.5 Å². The number of hydrogen-bond acceptors (Lipinski definition) is 4. The number of aryl methyl sites for hydroxylation is 1. The number of amides is 1. The number of benzene rings is 2. The van der Waals surface area contributed by atoms with E-state index in [1.165, 1.54) is 29.4 Å². The predicted molar refractivity (Wildman–Crippen MR) is 127 cm³/mol. The molecule has 2 aliphatic carbocycles. The van der Waals surface area contributed by atoms with Gasteiger partial charge in [0.2, 0.25) is 5.92 Å². The van der Waals surface area contributed by atoms with Crippen molar-refractivity contribution in [3.8, 4) is 11.4 Å². The lowest BCUT2D eigenvalue weighted by Crippen LogP contribution is -2.33. The zero-order valence-electron chi connectivity index (χ0n) is 19.4. The van der Waals surface area contributed by atoms with Crippen LogP contribution in [0.3, 0.4) is 0 Å². The molecule has 2 aromatic heterocycles. The van der Waals surface area contributed by atoms with Gasteiger partial charge in [-0.2, -0.15) is 10.2 Å². The summed E-state index contributed by atoms with van der Waals surface area (Å²) in [7, 11) is 1.89. The van der Waals surface area contributed by atoms with E-state index in [2.05, 4.69) is 32.7 Å². The summed E-state index contributed by atoms with van der Waals surface area (Å²) < 4.78 is 28.6. The standard InChI is InChI=1S/C26H26F2N6O/c1-34-22(12-18-8-9-21-20(14-29-32-21)23(18)15-2-3-15)31-24(33-34)16-4-6-17(7-5-16)25(35)30-19-10-11-26(27,28)13-19/h4-9,14-15,19H,2-3,10-13H2,1H3,(H,29,32)(H,30,35). The van der Waals surface area contributed by atoms with Crippen molar-refractivity contribution in [1.29, 1.82) is 0 Å². The van der Waals surface area contributed by atoms with Crippen molar-refractivity contribution < 1.29 is 13.6 Å². The van der Waals surface area contributed by atoms with E-state index < -0.39 is 12.0 Å². The number of rotatable bonds is 6. The van der Waals surface area contributed by atoms with Crippen LogP contribution in [0.4, 0.5) is 8.78 Å². The third-order valence-corrected chi connectivity index (χ3v) is 7.09. The summed E-state index contributed by atoms with van der Waals surface area (Å²) in [5, 5.41) is 15.8. The number of alkyl halides is 2. The molecular weight excluding hydrogens is 450 g/mol. The lowest BCUT2D eigenvalue weighted by atomic mass is 9.97. The van der Waals surface area contributed by atoms with Crippen molar-refractivity contribution in [2.75, 3.05) is 0 Å². The zero-order chi connectivity index (χ0) is 24.2. The topological polar surface area (TPSA) is 88.5 Å². The van der Waals surface area contributed by atoms with Gasteiger partial charge in [-0.05, 0) is 54.5 Å². The fourth-order valence-electron chi connectivity index (χ4n) is 5.07. The molecule has 6 rings (SSSR count). The Hall–Kier alpha value is -3.62. The number of aromatic nitrogens is 5. The Morgan fingerprint density at radius 3 is 2.69 bits per heavy atom. The molecule has 7 nitrogen and oxygen atoms in total. The highest BCUT2D eigenvalue weighted by Gasteiger charge is 2.40. The van der Waals surface area contributed by atoms with E-state index in [4.69, 9.17) is 4.98 Å². The van der Waals surface area contributed by atoms with Crippen molar-refractivity contribution in [2.45, 2.75) is 56.4 Å². The second-order valence-electron chi connectivity index (χ2n) is 9.74. The van der Waals surface area contributed by atoms with Crippen molar-refractivity contribution in [3.63, 3.8) is 0 Å². The number of aromatic amines is 1. The smallest absolute Gasteiger partial charge is 0.251 e. The molecule has 2 heterocycles. The molecule has 2 fully saturated rings. The Kier molecular flexibility index (Phi) is 5.16. The minimum Gasteiger partial charge on any atom is -0.349 e. The van der Waals surface area contributed by atoms with E-state index in [1.807, 2.05) is 13.2 Å². The van der Waals surface area contributed by atoms with Crippen molar-refractivity contribution in [3.05, 3.63) is 65.1 Å². The third-order valence-electron chi connectivity index (χ3n) is 7.09. The molecule has 2 aliphatic rings. The van der Waals surface area contributed by atoms with Crippen LogP contribution in [0, 0.1) is 0 Å². The molecule has 2 aromatic carbocycles. The van der Waals surface area contributed by atoms with Gasteiger partial charge < -0.3 is 5.32 Å². The number of carbonyl (C=O) groups excluding carboxylic acids is 1. The number of nitrogens with one attached hydrogen (secondary N) is 2. The summed E-state index contributed by atoms with van der Waals surface area (Å²) in [6.07, 6.45) is 4.80. The van der Waals surface area contributed by atoms with E-state index in [0.29, 0.717) is 30.1 Å². The molecule has 180 valence electrons. The Balaban J connectivity index is 1.19. The summed E-state index contributed by atoms with van der Waals surface area (Å²) in [6.45, 7) is 0. The minimum absolute atomic E-state index is 0.178. The molecule has 4 aromatic rings. The van der Waals surface area contributed by atoms with E-state index in [0.717, 1.165) is 16.9 Å². The number of carbonyl (C=O) groups is 1. The number of hydrogen-bond donors (Lipinski definition) is 2. The van der Waals surface area contributed by atoms with Crippen LogP contribution in [-0.4, -0.2) is 42.8 Å². The molecule has 2 saturated carbocycles. The number of H-pyrrole nitrogens is 1. The fourth-order valence-corrected chi connectivity index (χ4v) is 5.07. The number of fused-ring (bicyclic) bond motifs is 1. The lowest BCUT2D eigenvalue weighted by Gasteiger charge is -2.13. The predicted octanol–water partition coefficient (Wildman–Crippen LogP) is 4.74. The molecule has 0 radical (unpaired) electrons. The van der Waals surface area contributed by atoms with Gasteiger partial charge in [0, 0.05) is 48.9 Å². The first-order valence-corrected chi connectivity index (χ1v) is 12.0. The van der Waals surface area contributed by atoms with Crippen LogP contribution in [0.2, 0.25) is 0 Å². The van der Waals surface area contributed by atoms with Gasteiger partial charge in [0.05, 0.1) is 11.7 Å². The molecule has 0 saturated heterocycles. The second-order valence-corrected chi connectivity index (χ2v) is 9.74. The van der Waals surface area contributed by atoms with Gasteiger partial charge in [-0.3, -0.25) is 14.6 Å². The molecule has 1 unspecified atom stereocenters. The van der Waals surface area contributed by atoms with Crippen LogP contribution < -0.4 is 5.32 Å². The lowest BCUT2D eigenvalue weighted by molar-refractivity contribution is 0.00711. The molecule has 0 bridgehead atoms. The zero-order valence-corrected chi connectivity index (χ0v) is 19.4. The Bertz CT molecular complexity index is 1400. The summed E-state index contributed by atoms with van der Waals surface area (Å²) in [5.41, 5.74) is 4.88. The second kappa shape index (κ2) is 8.25. The number of halogens is 2. The first-order valence-electron chi connectivity index (χ1n) is 12.0. The molecule has 9 heteroatoms. The van der Waals surface area contributed by atoms with E-state index in [1.54, 1.807) is 28.9 Å². The van der Waals surface area contributed by atoms with Gasteiger partial charge in [0.25, 0.3) is 5.91 Å². The van der Waals surface area contributed by atoms with Gasteiger partial charge in [-0.1, -0.05) is 18.2 Å². The van der Waals surface area contributed by atoms with Crippen molar-refractivity contribution in [1.82, 2.24) is 30.3 Å². The maximum absolute atomic E-state index is 13.4. The first-order chi connectivity index (χ1) is 16.9. The maximum Gasteiger partial charge on any atom is 0.251 e. The highest BCUT2D eigenvalue weighted by atomic mass is 19.3. The largest absolute Gasteiger partial charge is 0.349 e. The average Bonchev–Trinajstić information content (AvgIpc) is 3.28. The highest BCUT2D eigenvalue weighted by molar-refractivity contribution is 5.94. The Morgan fingerprint density at radius 2 is 1.97 bits per heavy atom. The SMILES string of the molecule is Cn1nc(-c2ccc(C(=O)NC3CCC(F)(F)C3)cc2)nc1Cc1ccc2[nH]ncc2c1C1CC1. The molecule has 0 spiro atoms. The molecule has 0 aliphatic heterocycles. The van der Waals surface area contributed by atoms with Crippen LogP contribution in [0.15, 0.2) is 42.6 Å². The fraction of sp³-hybridized carbons (Fsp3) is 0.385. The summed E-state index contributed by atoms with van der Waals surface area (Å²) in [4.78, 5) is 17.3. The average molecular weight is 477 g/mol. The summed E-state index contributed by atoms with van der Waals surface area (Å²) in [6, 6.07) is 10.7. The molecule has 1 amide bonds. The van der Waals surface area contributed by atoms with Crippen LogP contribution in [0.25, 0.3) is 22.3 Å². The third kappa shape index (κ3) is 4.31. The Morgan fingerprint density at radius 1 is 1.17 bits per heavy atom. The van der Waals surface area contributed by atoms with Crippen LogP contribution >= 0.6 is 0 Å². The van der Waals surface area contributed by atoms with Crippen molar-refractivity contribution >= 4 is 16.8 Å². The van der Waals surface area contributed by atoms with E-state index >= 15 is 0 Å². The summed E-state index contributed by atoms with van der Waals surface area (Å²) in [5.74, 6) is -1.01. The van der Waals surface area contributed by atoms with E-state index in [-0.39, 0.29) is 18.7 Å². The number of nitrogens with zero attached hydrogens (tertiary/aromatic N) is 4. The van der Waals surface area contributed by atoms with Gasteiger partial charge in [0.15, 0.2) is 5.82 Å². The Labute approximate surface area is 200 Å². The monoisotopic (exact) mass is 476 g/mol. The van der Waals surface area contributed by atoms with Crippen LogP contribution in [0.1, 0.15) is 65.3 Å². The summed E-state index contributed by atoms with van der Waals surface area (Å²) >= 11 is 0. The van der Waals surface area contributed by atoms with Gasteiger partial charge in [-0.15, -0.1) is 0 Å². The van der Waals surface area contributed by atoms with Crippen LogP contribution in [0.5, 0.6) is 0 Å². The van der Waals surface area contributed by atoms with E-state index in [9.17, 15) is 13.6 Å². The minimum atomic E-state index is -2.69. The molecular formula is C26H26F2N6O.